The van der Waals surface area contributed by atoms with E-state index in [1.807, 2.05) is 62.4 Å². The van der Waals surface area contributed by atoms with Gasteiger partial charge in [-0.25, -0.2) is 8.42 Å². The first-order valence-electron chi connectivity index (χ1n) is 10.3. The van der Waals surface area contributed by atoms with Gasteiger partial charge in [0.25, 0.3) is 10.0 Å². The summed E-state index contributed by atoms with van der Waals surface area (Å²) in [6.07, 6.45) is 0.232. The molecule has 5 nitrogen and oxygen atoms in total. The normalized spacial score (nSPS) is 11.3. The third-order valence-corrected chi connectivity index (χ3v) is 6.84. The molecule has 0 unspecified atom stereocenters. The number of rotatable bonds is 6. The van der Waals surface area contributed by atoms with Crippen LogP contribution in [0.5, 0.6) is 0 Å². The maximum atomic E-state index is 12.7. The molecule has 0 atom stereocenters. The summed E-state index contributed by atoms with van der Waals surface area (Å²) in [7, 11) is -3.72. The second kappa shape index (κ2) is 8.85. The van der Waals surface area contributed by atoms with E-state index in [9.17, 15) is 13.2 Å². The van der Waals surface area contributed by atoms with E-state index in [1.54, 1.807) is 24.3 Å². The van der Waals surface area contributed by atoms with Gasteiger partial charge in [0, 0.05) is 11.4 Å². The molecular formula is C26H24N2O3S. The van der Waals surface area contributed by atoms with E-state index in [1.165, 1.54) is 12.1 Å². The van der Waals surface area contributed by atoms with Crippen molar-refractivity contribution in [2.75, 3.05) is 10.0 Å². The van der Waals surface area contributed by atoms with Crippen LogP contribution in [0.4, 0.5) is 11.4 Å². The molecule has 4 rings (SSSR count). The molecule has 0 aromatic heterocycles. The topological polar surface area (TPSA) is 75.3 Å². The van der Waals surface area contributed by atoms with E-state index < -0.39 is 10.0 Å². The van der Waals surface area contributed by atoms with Gasteiger partial charge in [0.05, 0.1) is 11.3 Å². The zero-order valence-corrected chi connectivity index (χ0v) is 18.7. The highest BCUT2D eigenvalue weighted by Gasteiger charge is 2.15. The number of benzene rings is 4. The molecule has 0 heterocycles. The van der Waals surface area contributed by atoms with Gasteiger partial charge in [0.1, 0.15) is 0 Å². The predicted molar refractivity (Wildman–Crippen MR) is 129 cm³/mol. The number of sulfonamides is 1. The third-order valence-electron chi connectivity index (χ3n) is 5.44. The minimum Gasteiger partial charge on any atom is -0.326 e. The van der Waals surface area contributed by atoms with Crippen molar-refractivity contribution in [2.45, 2.75) is 25.2 Å². The van der Waals surface area contributed by atoms with Gasteiger partial charge in [-0.15, -0.1) is 0 Å². The number of hydrogen-bond donors (Lipinski definition) is 2. The Kier molecular flexibility index (Phi) is 5.97. The van der Waals surface area contributed by atoms with Crippen molar-refractivity contribution in [3.8, 4) is 0 Å². The molecule has 2 N–H and O–H groups in total. The van der Waals surface area contributed by atoms with E-state index >= 15 is 0 Å². The lowest BCUT2D eigenvalue weighted by molar-refractivity contribution is -0.115. The molecule has 6 heteroatoms. The predicted octanol–water partition coefficient (Wildman–Crippen LogP) is 5.44. The van der Waals surface area contributed by atoms with Crippen LogP contribution in [0.25, 0.3) is 10.8 Å². The number of aryl methyl sites for hydroxylation is 2. The molecule has 0 aliphatic carbocycles. The average molecular weight is 445 g/mol. The number of nitrogens with one attached hydrogen (secondary N) is 2. The molecular weight excluding hydrogens is 420 g/mol. The molecule has 4 aromatic rings. The van der Waals surface area contributed by atoms with E-state index in [4.69, 9.17) is 0 Å². The lowest BCUT2D eigenvalue weighted by atomic mass is 10.0. The largest absolute Gasteiger partial charge is 0.326 e. The van der Waals surface area contributed by atoms with Gasteiger partial charge in [-0.05, 0) is 77.7 Å². The maximum Gasteiger partial charge on any atom is 0.261 e. The Morgan fingerprint density at radius 2 is 1.47 bits per heavy atom. The Balaban J connectivity index is 1.45. The summed E-state index contributed by atoms with van der Waals surface area (Å²) in [6.45, 7) is 3.91. The van der Waals surface area contributed by atoms with Crippen LogP contribution in [-0.4, -0.2) is 14.3 Å². The van der Waals surface area contributed by atoms with E-state index in [0.29, 0.717) is 11.4 Å². The van der Waals surface area contributed by atoms with Gasteiger partial charge in [-0.3, -0.25) is 9.52 Å². The first-order chi connectivity index (χ1) is 15.3. The van der Waals surface area contributed by atoms with Crippen LogP contribution in [0.1, 0.15) is 16.7 Å². The molecule has 0 bridgehead atoms. The van der Waals surface area contributed by atoms with Crippen molar-refractivity contribution < 1.29 is 13.2 Å². The van der Waals surface area contributed by atoms with Crippen LogP contribution >= 0.6 is 0 Å². The highest BCUT2D eigenvalue weighted by molar-refractivity contribution is 7.92. The standard InChI is InChI=1S/C26H24N2O3S/c1-18-10-11-23(16-19(18)2)28-32(30,31)24-14-12-22(13-15-24)27-26(29)17-21-8-5-7-20-6-3-4-9-25(20)21/h3-16,28H,17H2,1-2H3,(H,27,29). The summed E-state index contributed by atoms with van der Waals surface area (Å²) in [4.78, 5) is 12.7. The summed E-state index contributed by atoms with van der Waals surface area (Å²) in [5, 5.41) is 4.98. The lowest BCUT2D eigenvalue weighted by Gasteiger charge is -2.11. The first-order valence-corrected chi connectivity index (χ1v) is 11.8. The van der Waals surface area contributed by atoms with Crippen molar-refractivity contribution in [3.05, 3.63) is 102 Å². The Morgan fingerprint density at radius 3 is 2.22 bits per heavy atom. The van der Waals surface area contributed by atoms with Crippen LogP contribution in [-0.2, 0) is 21.2 Å². The molecule has 4 aromatic carbocycles. The molecule has 0 spiro atoms. The molecule has 0 radical (unpaired) electrons. The van der Waals surface area contributed by atoms with Gasteiger partial charge in [0.2, 0.25) is 5.91 Å². The van der Waals surface area contributed by atoms with Crippen LogP contribution < -0.4 is 10.0 Å². The Hall–Kier alpha value is -3.64. The van der Waals surface area contributed by atoms with Crippen molar-refractivity contribution in [2.24, 2.45) is 0 Å². The minimum atomic E-state index is -3.72. The second-order valence-electron chi connectivity index (χ2n) is 7.79. The maximum absolute atomic E-state index is 12.7. The molecule has 0 aliphatic rings. The van der Waals surface area contributed by atoms with Gasteiger partial charge in [-0.1, -0.05) is 48.5 Å². The van der Waals surface area contributed by atoms with Crippen molar-refractivity contribution in [3.63, 3.8) is 0 Å². The molecule has 0 fully saturated rings. The fourth-order valence-corrected chi connectivity index (χ4v) is 4.61. The van der Waals surface area contributed by atoms with Crippen molar-refractivity contribution in [1.29, 1.82) is 0 Å². The van der Waals surface area contributed by atoms with Crippen LogP contribution in [0.3, 0.4) is 0 Å². The highest BCUT2D eigenvalue weighted by atomic mass is 32.2. The molecule has 0 saturated carbocycles. The molecule has 0 saturated heterocycles. The zero-order valence-electron chi connectivity index (χ0n) is 17.9. The van der Waals surface area contributed by atoms with E-state index in [-0.39, 0.29) is 17.2 Å². The molecule has 32 heavy (non-hydrogen) atoms. The van der Waals surface area contributed by atoms with Gasteiger partial charge < -0.3 is 5.32 Å². The van der Waals surface area contributed by atoms with Crippen LogP contribution in [0.2, 0.25) is 0 Å². The third kappa shape index (κ3) is 4.81. The number of amides is 1. The number of carbonyl (C=O) groups is 1. The number of fused-ring (bicyclic) bond motifs is 1. The van der Waals surface area contributed by atoms with Crippen LogP contribution in [0, 0.1) is 13.8 Å². The monoisotopic (exact) mass is 444 g/mol. The van der Waals surface area contributed by atoms with Crippen molar-refractivity contribution >= 4 is 38.1 Å². The molecule has 0 aliphatic heterocycles. The van der Waals surface area contributed by atoms with E-state index in [0.717, 1.165) is 27.5 Å². The first kappa shape index (κ1) is 21.6. The van der Waals surface area contributed by atoms with Crippen molar-refractivity contribution in [1.82, 2.24) is 0 Å². The SMILES string of the molecule is Cc1ccc(NS(=O)(=O)c2ccc(NC(=O)Cc3cccc4ccccc34)cc2)cc1C. The zero-order chi connectivity index (χ0) is 22.7. The van der Waals surface area contributed by atoms with E-state index in [2.05, 4.69) is 10.0 Å². The fourth-order valence-electron chi connectivity index (χ4n) is 3.56. The lowest BCUT2D eigenvalue weighted by Crippen LogP contribution is -2.15. The molecule has 1 amide bonds. The summed E-state index contributed by atoms with van der Waals surface area (Å²) in [5.41, 5.74) is 4.10. The Labute approximate surface area is 188 Å². The summed E-state index contributed by atoms with van der Waals surface area (Å²) in [6, 6.07) is 25.4. The quantitative estimate of drug-likeness (QED) is 0.416. The minimum absolute atomic E-state index is 0.128. The average Bonchev–Trinajstić information content (AvgIpc) is 2.77. The number of carbonyl (C=O) groups excluding carboxylic acids is 1. The second-order valence-corrected chi connectivity index (χ2v) is 9.47. The fraction of sp³-hybridized carbons (Fsp3) is 0.115. The summed E-state index contributed by atoms with van der Waals surface area (Å²) in [5.74, 6) is -0.162. The molecule has 162 valence electrons. The van der Waals surface area contributed by atoms with Gasteiger partial charge in [0.15, 0.2) is 0 Å². The number of anilines is 2. The van der Waals surface area contributed by atoms with Gasteiger partial charge >= 0.3 is 0 Å². The van der Waals surface area contributed by atoms with Gasteiger partial charge in [-0.2, -0.15) is 0 Å². The summed E-state index contributed by atoms with van der Waals surface area (Å²) >= 11 is 0. The Bertz CT molecular complexity index is 1390. The van der Waals surface area contributed by atoms with Crippen LogP contribution in [0.15, 0.2) is 89.8 Å². The highest BCUT2D eigenvalue weighted by Crippen LogP contribution is 2.22. The summed E-state index contributed by atoms with van der Waals surface area (Å²) < 4.78 is 28.0. The Morgan fingerprint density at radius 1 is 0.781 bits per heavy atom. The number of hydrogen-bond acceptors (Lipinski definition) is 3. The smallest absolute Gasteiger partial charge is 0.261 e.